The predicted octanol–water partition coefficient (Wildman–Crippen LogP) is 4.75. The van der Waals surface area contributed by atoms with E-state index in [9.17, 15) is 13.2 Å². The molecule has 0 aromatic carbocycles. The molecule has 0 unspecified atom stereocenters. The van der Waals surface area contributed by atoms with Crippen LogP contribution in [-0.2, 0) is 6.18 Å². The number of nitrogens with one attached hydrogen (secondary N) is 1. The van der Waals surface area contributed by atoms with Crippen LogP contribution in [0.1, 0.15) is 38.2 Å². The second-order valence-corrected chi connectivity index (χ2v) is 5.82. The molecule has 2 rings (SSSR count). The van der Waals surface area contributed by atoms with Crippen molar-refractivity contribution >= 4 is 17.4 Å². The van der Waals surface area contributed by atoms with E-state index in [1.807, 2.05) is 0 Å². The van der Waals surface area contributed by atoms with E-state index in [1.54, 1.807) is 0 Å². The smallest absolute Gasteiger partial charge is 0.369 e. The molecule has 106 valence electrons. The largest absolute Gasteiger partial charge is 0.416 e. The van der Waals surface area contributed by atoms with Crippen molar-refractivity contribution < 1.29 is 13.2 Å². The summed E-state index contributed by atoms with van der Waals surface area (Å²) in [5, 5.41) is 2.84. The van der Waals surface area contributed by atoms with Crippen LogP contribution in [0.2, 0.25) is 5.15 Å². The van der Waals surface area contributed by atoms with Gasteiger partial charge in [-0.2, -0.15) is 13.2 Å². The van der Waals surface area contributed by atoms with Gasteiger partial charge in [0.05, 0.1) is 5.56 Å². The lowest BCUT2D eigenvalue weighted by Crippen LogP contribution is -2.23. The number of rotatable bonds is 3. The molecular formula is C13H16ClF3N2. The highest BCUT2D eigenvalue weighted by molar-refractivity contribution is 6.29. The number of anilines is 1. The van der Waals surface area contributed by atoms with Crippen LogP contribution in [0.15, 0.2) is 12.1 Å². The molecule has 6 heteroatoms. The van der Waals surface area contributed by atoms with Crippen LogP contribution in [0.5, 0.6) is 0 Å². The summed E-state index contributed by atoms with van der Waals surface area (Å²) in [6.45, 7) is 2.76. The lowest BCUT2D eigenvalue weighted by atomic mass is 9.89. The summed E-state index contributed by atoms with van der Waals surface area (Å²) in [6, 6.07) is 1.84. The lowest BCUT2D eigenvalue weighted by molar-refractivity contribution is -0.137. The van der Waals surface area contributed by atoms with Gasteiger partial charge in [-0.05, 0) is 30.4 Å². The molecule has 0 atom stereocenters. The molecule has 1 aromatic rings. The van der Waals surface area contributed by atoms with Gasteiger partial charge in [0.25, 0.3) is 0 Å². The minimum Gasteiger partial charge on any atom is -0.369 e. The van der Waals surface area contributed by atoms with Crippen molar-refractivity contribution in [3.63, 3.8) is 0 Å². The van der Waals surface area contributed by atoms with Gasteiger partial charge in [0, 0.05) is 6.54 Å². The normalized spacial score (nSPS) is 18.6. The van der Waals surface area contributed by atoms with E-state index in [0.29, 0.717) is 6.54 Å². The summed E-state index contributed by atoms with van der Waals surface area (Å²) in [6.07, 6.45) is 0.129. The Morgan fingerprint density at radius 1 is 1.32 bits per heavy atom. The SMILES string of the molecule is CC1(CNc2cc(C(F)(F)F)cc(Cl)n2)CCCC1. The molecule has 0 saturated heterocycles. The maximum Gasteiger partial charge on any atom is 0.416 e. The summed E-state index contributed by atoms with van der Waals surface area (Å²) in [4.78, 5) is 3.89. The Balaban J connectivity index is 2.10. The molecule has 0 bridgehead atoms. The zero-order valence-corrected chi connectivity index (χ0v) is 11.4. The fourth-order valence-electron chi connectivity index (χ4n) is 2.46. The van der Waals surface area contributed by atoms with Gasteiger partial charge in [0.1, 0.15) is 11.0 Å². The molecule has 1 fully saturated rings. The second-order valence-electron chi connectivity index (χ2n) is 5.43. The van der Waals surface area contributed by atoms with Crippen molar-refractivity contribution in [2.45, 2.75) is 38.8 Å². The van der Waals surface area contributed by atoms with E-state index in [0.717, 1.165) is 25.0 Å². The molecule has 1 saturated carbocycles. The van der Waals surface area contributed by atoms with Crippen LogP contribution in [0, 0.1) is 5.41 Å². The number of pyridine rings is 1. The zero-order chi connectivity index (χ0) is 14.1. The van der Waals surface area contributed by atoms with Crippen molar-refractivity contribution in [1.82, 2.24) is 4.98 Å². The monoisotopic (exact) mass is 292 g/mol. The van der Waals surface area contributed by atoms with Gasteiger partial charge in [-0.1, -0.05) is 31.4 Å². The third kappa shape index (κ3) is 3.75. The summed E-state index contributed by atoms with van der Waals surface area (Å²) in [5.74, 6) is 0.188. The van der Waals surface area contributed by atoms with E-state index in [4.69, 9.17) is 11.6 Å². The first-order valence-corrected chi connectivity index (χ1v) is 6.65. The van der Waals surface area contributed by atoms with E-state index in [-0.39, 0.29) is 16.4 Å². The van der Waals surface area contributed by atoms with Crippen molar-refractivity contribution in [3.8, 4) is 0 Å². The van der Waals surface area contributed by atoms with Gasteiger partial charge >= 0.3 is 6.18 Å². The number of alkyl halides is 3. The predicted molar refractivity (Wildman–Crippen MR) is 69.3 cm³/mol. The first-order chi connectivity index (χ1) is 8.78. The molecule has 0 amide bonds. The highest BCUT2D eigenvalue weighted by Crippen LogP contribution is 2.38. The Kier molecular flexibility index (Phi) is 3.95. The van der Waals surface area contributed by atoms with Gasteiger partial charge in [-0.25, -0.2) is 4.98 Å². The summed E-state index contributed by atoms with van der Waals surface area (Å²) in [7, 11) is 0. The molecule has 0 spiro atoms. The molecule has 19 heavy (non-hydrogen) atoms. The Labute approximate surface area is 115 Å². The molecule has 1 heterocycles. The number of halogens is 4. The van der Waals surface area contributed by atoms with Gasteiger partial charge in [0.15, 0.2) is 0 Å². The third-order valence-corrected chi connectivity index (χ3v) is 3.82. The van der Waals surface area contributed by atoms with E-state index >= 15 is 0 Å². The Morgan fingerprint density at radius 2 is 1.95 bits per heavy atom. The van der Waals surface area contributed by atoms with Crippen LogP contribution in [0.3, 0.4) is 0 Å². The Morgan fingerprint density at radius 3 is 2.53 bits per heavy atom. The quantitative estimate of drug-likeness (QED) is 0.814. The molecule has 1 N–H and O–H groups in total. The van der Waals surface area contributed by atoms with Crippen LogP contribution >= 0.6 is 11.6 Å². The molecule has 2 nitrogen and oxygen atoms in total. The van der Waals surface area contributed by atoms with Gasteiger partial charge < -0.3 is 5.32 Å². The Hall–Kier alpha value is -0.970. The fourth-order valence-corrected chi connectivity index (χ4v) is 2.67. The maximum absolute atomic E-state index is 12.7. The highest BCUT2D eigenvalue weighted by Gasteiger charge is 2.32. The zero-order valence-electron chi connectivity index (χ0n) is 10.6. The number of nitrogens with zero attached hydrogens (tertiary/aromatic N) is 1. The molecule has 0 aliphatic heterocycles. The van der Waals surface area contributed by atoms with E-state index < -0.39 is 11.7 Å². The standard InChI is InChI=1S/C13H16ClF3N2/c1-12(4-2-3-5-12)8-18-11-7-9(13(15,16)17)6-10(14)19-11/h6-7H,2-5,8H2,1H3,(H,18,19). The number of hydrogen-bond acceptors (Lipinski definition) is 2. The molecule has 0 radical (unpaired) electrons. The van der Waals surface area contributed by atoms with Gasteiger partial charge in [0.2, 0.25) is 0 Å². The third-order valence-electron chi connectivity index (χ3n) is 3.63. The summed E-state index contributed by atoms with van der Waals surface area (Å²) >= 11 is 5.64. The van der Waals surface area contributed by atoms with Crippen molar-refractivity contribution in [1.29, 1.82) is 0 Å². The first kappa shape index (κ1) is 14.4. The lowest BCUT2D eigenvalue weighted by Gasteiger charge is -2.24. The Bertz CT molecular complexity index is 454. The van der Waals surface area contributed by atoms with Crippen LogP contribution in [0.4, 0.5) is 19.0 Å². The van der Waals surface area contributed by atoms with Crippen LogP contribution < -0.4 is 5.32 Å². The van der Waals surface area contributed by atoms with Crippen LogP contribution in [0.25, 0.3) is 0 Å². The second kappa shape index (κ2) is 5.19. The van der Waals surface area contributed by atoms with Crippen LogP contribution in [-0.4, -0.2) is 11.5 Å². The fraction of sp³-hybridized carbons (Fsp3) is 0.615. The highest BCUT2D eigenvalue weighted by atomic mass is 35.5. The number of aromatic nitrogens is 1. The minimum absolute atomic E-state index is 0.141. The number of hydrogen-bond donors (Lipinski definition) is 1. The maximum atomic E-state index is 12.7. The van der Waals surface area contributed by atoms with Crippen molar-refractivity contribution in [2.24, 2.45) is 5.41 Å². The van der Waals surface area contributed by atoms with Crippen molar-refractivity contribution in [3.05, 3.63) is 22.8 Å². The van der Waals surface area contributed by atoms with Crippen molar-refractivity contribution in [2.75, 3.05) is 11.9 Å². The average molecular weight is 293 g/mol. The molecular weight excluding hydrogens is 277 g/mol. The van der Waals surface area contributed by atoms with E-state index in [1.165, 1.54) is 12.8 Å². The minimum atomic E-state index is -4.40. The van der Waals surface area contributed by atoms with E-state index in [2.05, 4.69) is 17.2 Å². The topological polar surface area (TPSA) is 24.9 Å². The molecule has 1 aromatic heterocycles. The molecule has 1 aliphatic carbocycles. The summed E-state index contributed by atoms with van der Waals surface area (Å²) < 4.78 is 38.0. The van der Waals surface area contributed by atoms with Gasteiger partial charge in [-0.3, -0.25) is 0 Å². The molecule has 1 aliphatic rings. The van der Waals surface area contributed by atoms with Gasteiger partial charge in [-0.15, -0.1) is 0 Å². The average Bonchev–Trinajstić information content (AvgIpc) is 2.72. The first-order valence-electron chi connectivity index (χ1n) is 6.27. The summed E-state index contributed by atoms with van der Waals surface area (Å²) in [5.41, 5.74) is -0.630.